The first-order chi connectivity index (χ1) is 9.06. The number of ether oxygens (including phenoxy) is 1. The van der Waals surface area contributed by atoms with E-state index >= 15 is 0 Å². The third-order valence-electron chi connectivity index (χ3n) is 3.32. The molecule has 2 N–H and O–H groups in total. The van der Waals surface area contributed by atoms with Gasteiger partial charge in [-0.2, -0.15) is 0 Å². The van der Waals surface area contributed by atoms with Crippen molar-refractivity contribution in [2.75, 3.05) is 19.7 Å². The first kappa shape index (κ1) is 14.5. The molecule has 2 rings (SSSR count). The molecule has 1 saturated heterocycles. The molecule has 1 aliphatic heterocycles. The van der Waals surface area contributed by atoms with Crippen LogP contribution in [0.4, 0.5) is 4.39 Å². The van der Waals surface area contributed by atoms with Crippen molar-refractivity contribution >= 4 is 12.6 Å². The Hall–Kier alpha value is -0.945. The van der Waals surface area contributed by atoms with Crippen LogP contribution in [-0.2, 0) is 11.3 Å². The van der Waals surface area contributed by atoms with Crippen LogP contribution in [0.1, 0.15) is 18.9 Å². The summed E-state index contributed by atoms with van der Waals surface area (Å²) in [5.41, 5.74) is 0.975. The summed E-state index contributed by atoms with van der Waals surface area (Å²) in [7, 11) is -1.65. The maximum Gasteiger partial charge on any atom is 0.488 e. The van der Waals surface area contributed by atoms with Crippen molar-refractivity contribution < 1.29 is 19.2 Å². The summed E-state index contributed by atoms with van der Waals surface area (Å²) in [5, 5.41) is 18.6. The summed E-state index contributed by atoms with van der Waals surface area (Å²) in [6.45, 7) is 5.02. The minimum atomic E-state index is -1.65. The molecule has 0 saturated carbocycles. The van der Waals surface area contributed by atoms with Gasteiger partial charge in [-0.05, 0) is 36.5 Å². The average Bonchev–Trinajstić information content (AvgIpc) is 2.55. The molecular formula is C13H19BFNO3. The van der Waals surface area contributed by atoms with Gasteiger partial charge in [-0.25, -0.2) is 4.39 Å². The molecule has 0 amide bonds. The van der Waals surface area contributed by atoms with Crippen LogP contribution in [0.2, 0.25) is 0 Å². The van der Waals surface area contributed by atoms with Crippen molar-refractivity contribution in [2.45, 2.75) is 26.0 Å². The van der Waals surface area contributed by atoms with Crippen molar-refractivity contribution in [2.24, 2.45) is 0 Å². The Kier molecular flexibility index (Phi) is 4.93. The van der Waals surface area contributed by atoms with Gasteiger partial charge in [0.05, 0.1) is 6.10 Å². The van der Waals surface area contributed by atoms with Crippen LogP contribution >= 0.6 is 0 Å². The van der Waals surface area contributed by atoms with E-state index in [4.69, 9.17) is 4.74 Å². The van der Waals surface area contributed by atoms with Gasteiger partial charge in [0.15, 0.2) is 0 Å². The zero-order chi connectivity index (χ0) is 13.8. The molecule has 1 atom stereocenters. The first-order valence-corrected chi connectivity index (χ1v) is 6.54. The minimum absolute atomic E-state index is 0.158. The maximum absolute atomic E-state index is 13.2. The average molecular weight is 267 g/mol. The fourth-order valence-corrected chi connectivity index (χ4v) is 2.41. The van der Waals surface area contributed by atoms with Crippen LogP contribution in [0.5, 0.6) is 0 Å². The summed E-state index contributed by atoms with van der Waals surface area (Å²) >= 11 is 0. The topological polar surface area (TPSA) is 52.9 Å². The van der Waals surface area contributed by atoms with Gasteiger partial charge < -0.3 is 14.8 Å². The third kappa shape index (κ3) is 4.01. The van der Waals surface area contributed by atoms with Gasteiger partial charge >= 0.3 is 7.12 Å². The van der Waals surface area contributed by atoms with E-state index in [0.29, 0.717) is 6.54 Å². The number of halogens is 1. The summed E-state index contributed by atoms with van der Waals surface area (Å²) in [6, 6.07) is 4.14. The molecule has 1 fully saturated rings. The fourth-order valence-electron chi connectivity index (χ4n) is 2.41. The standard InChI is InChI=1S/C13H19BFNO3/c1-10-8-16(5-2-6-19-10)9-11-3-4-12(15)7-13(11)14(17)18/h3-4,7,10,17-18H,2,5-6,8-9H2,1H3. The molecule has 19 heavy (non-hydrogen) atoms. The van der Waals surface area contributed by atoms with Gasteiger partial charge in [0.2, 0.25) is 0 Å². The molecule has 1 unspecified atom stereocenters. The molecule has 1 heterocycles. The van der Waals surface area contributed by atoms with E-state index in [-0.39, 0.29) is 11.6 Å². The van der Waals surface area contributed by atoms with Crippen LogP contribution < -0.4 is 5.46 Å². The van der Waals surface area contributed by atoms with Gasteiger partial charge in [-0.15, -0.1) is 0 Å². The van der Waals surface area contributed by atoms with Gasteiger partial charge in [-0.1, -0.05) is 6.07 Å². The predicted octanol–water partition coefficient (Wildman–Crippen LogP) is 0.116. The lowest BCUT2D eigenvalue weighted by Crippen LogP contribution is -2.37. The maximum atomic E-state index is 13.2. The fraction of sp³-hybridized carbons (Fsp3) is 0.538. The van der Waals surface area contributed by atoms with Crippen LogP contribution in [0, 0.1) is 5.82 Å². The predicted molar refractivity (Wildman–Crippen MR) is 71.5 cm³/mol. The van der Waals surface area contributed by atoms with Crippen molar-refractivity contribution in [1.82, 2.24) is 4.90 Å². The highest BCUT2D eigenvalue weighted by Crippen LogP contribution is 2.10. The number of rotatable bonds is 3. The quantitative estimate of drug-likeness (QED) is 0.764. The van der Waals surface area contributed by atoms with Crippen molar-refractivity contribution in [1.29, 1.82) is 0 Å². The lowest BCUT2D eigenvalue weighted by Gasteiger charge is -2.23. The first-order valence-electron chi connectivity index (χ1n) is 6.54. The summed E-state index contributed by atoms with van der Waals surface area (Å²) in [4.78, 5) is 2.19. The van der Waals surface area contributed by atoms with Crippen LogP contribution in [0.25, 0.3) is 0 Å². The third-order valence-corrected chi connectivity index (χ3v) is 3.32. The van der Waals surface area contributed by atoms with E-state index in [1.54, 1.807) is 6.07 Å². The van der Waals surface area contributed by atoms with E-state index in [2.05, 4.69) is 4.90 Å². The Labute approximate surface area is 113 Å². The largest absolute Gasteiger partial charge is 0.488 e. The molecule has 0 aromatic heterocycles. The van der Waals surface area contributed by atoms with E-state index < -0.39 is 12.9 Å². The summed E-state index contributed by atoms with van der Waals surface area (Å²) < 4.78 is 18.7. The molecule has 0 spiro atoms. The van der Waals surface area contributed by atoms with Gasteiger partial charge in [-0.3, -0.25) is 4.90 Å². The summed E-state index contributed by atoms with van der Waals surface area (Å²) in [5.74, 6) is -0.459. The van der Waals surface area contributed by atoms with Crippen molar-refractivity contribution in [3.8, 4) is 0 Å². The molecule has 0 bridgehead atoms. The Morgan fingerprint density at radius 2 is 2.26 bits per heavy atom. The van der Waals surface area contributed by atoms with Crippen LogP contribution in [0.15, 0.2) is 18.2 Å². The lowest BCUT2D eigenvalue weighted by atomic mass is 9.77. The molecule has 0 radical (unpaired) electrons. The SMILES string of the molecule is CC1CN(Cc2ccc(F)cc2B(O)O)CCCO1. The zero-order valence-corrected chi connectivity index (χ0v) is 11.1. The highest BCUT2D eigenvalue weighted by molar-refractivity contribution is 6.59. The van der Waals surface area contributed by atoms with E-state index in [0.717, 1.165) is 31.7 Å². The zero-order valence-electron chi connectivity index (χ0n) is 11.1. The number of benzene rings is 1. The minimum Gasteiger partial charge on any atom is -0.423 e. The molecule has 104 valence electrons. The molecule has 1 aromatic carbocycles. The second-order valence-corrected chi connectivity index (χ2v) is 4.99. The molecular weight excluding hydrogens is 248 g/mol. The molecule has 1 aliphatic rings. The highest BCUT2D eigenvalue weighted by Gasteiger charge is 2.20. The Bertz CT molecular complexity index is 430. The Morgan fingerprint density at radius 3 is 3.00 bits per heavy atom. The smallest absolute Gasteiger partial charge is 0.423 e. The second-order valence-electron chi connectivity index (χ2n) is 4.99. The lowest BCUT2D eigenvalue weighted by molar-refractivity contribution is 0.0668. The number of hydrogen-bond donors (Lipinski definition) is 2. The number of hydrogen-bond acceptors (Lipinski definition) is 4. The van der Waals surface area contributed by atoms with Crippen molar-refractivity contribution in [3.05, 3.63) is 29.6 Å². The monoisotopic (exact) mass is 267 g/mol. The van der Waals surface area contributed by atoms with E-state index in [9.17, 15) is 14.4 Å². The molecule has 4 nitrogen and oxygen atoms in total. The molecule has 0 aliphatic carbocycles. The second kappa shape index (κ2) is 6.48. The van der Waals surface area contributed by atoms with Crippen molar-refractivity contribution in [3.63, 3.8) is 0 Å². The summed E-state index contributed by atoms with van der Waals surface area (Å²) in [6.07, 6.45) is 1.10. The van der Waals surface area contributed by atoms with Crippen LogP contribution in [0.3, 0.4) is 0 Å². The van der Waals surface area contributed by atoms with Gasteiger partial charge in [0.25, 0.3) is 0 Å². The van der Waals surface area contributed by atoms with Gasteiger partial charge in [0.1, 0.15) is 5.82 Å². The number of nitrogens with zero attached hydrogens (tertiary/aromatic N) is 1. The Morgan fingerprint density at radius 1 is 1.47 bits per heavy atom. The molecule has 1 aromatic rings. The Balaban J connectivity index is 2.13. The normalized spacial score (nSPS) is 21.2. The van der Waals surface area contributed by atoms with E-state index in [1.165, 1.54) is 12.1 Å². The van der Waals surface area contributed by atoms with E-state index in [1.807, 2.05) is 6.92 Å². The molecule has 6 heteroatoms. The van der Waals surface area contributed by atoms with Crippen LogP contribution in [-0.4, -0.2) is 47.9 Å². The van der Waals surface area contributed by atoms with Gasteiger partial charge in [0, 0.05) is 26.2 Å². The highest BCUT2D eigenvalue weighted by atomic mass is 19.1.